The summed E-state index contributed by atoms with van der Waals surface area (Å²) in [7, 11) is -3.69. The monoisotopic (exact) mass is 486 g/mol. The van der Waals surface area contributed by atoms with Gasteiger partial charge in [0.15, 0.2) is 6.61 Å². The van der Waals surface area contributed by atoms with Gasteiger partial charge in [0.1, 0.15) is 0 Å². The molecule has 1 aromatic carbocycles. The zero-order valence-corrected chi connectivity index (χ0v) is 18.0. The maximum absolute atomic E-state index is 12.3. The first kappa shape index (κ1) is 21.0. The van der Waals surface area contributed by atoms with Gasteiger partial charge in [-0.2, -0.15) is 0 Å². The van der Waals surface area contributed by atoms with E-state index in [4.69, 9.17) is 4.74 Å². The number of benzene rings is 1. The number of nitrogens with one attached hydrogen (secondary N) is 2. The molecule has 3 rings (SSSR count). The molecule has 0 saturated heterocycles. The molecule has 1 aromatic heterocycles. The van der Waals surface area contributed by atoms with Crippen LogP contribution in [0.1, 0.15) is 28.1 Å². The van der Waals surface area contributed by atoms with Gasteiger partial charge < -0.3 is 10.1 Å². The van der Waals surface area contributed by atoms with E-state index in [1.165, 1.54) is 18.2 Å². The van der Waals surface area contributed by atoms with Crippen LogP contribution in [0.15, 0.2) is 45.1 Å². The average Bonchev–Trinajstić information content (AvgIpc) is 3.29. The van der Waals surface area contributed by atoms with Crippen molar-refractivity contribution < 1.29 is 22.7 Å². The lowest BCUT2D eigenvalue weighted by Crippen LogP contribution is -2.30. The molecule has 1 fully saturated rings. The highest BCUT2D eigenvalue weighted by Crippen LogP contribution is 2.25. The molecule has 0 aliphatic heterocycles. The van der Waals surface area contributed by atoms with Crippen LogP contribution in [0.3, 0.4) is 0 Å². The van der Waals surface area contributed by atoms with Gasteiger partial charge in [-0.3, -0.25) is 4.79 Å². The van der Waals surface area contributed by atoms with Crippen LogP contribution >= 0.6 is 27.3 Å². The normalized spacial score (nSPS) is 13.9. The first-order valence-electron chi connectivity index (χ1n) is 8.63. The Morgan fingerprint density at radius 1 is 1.25 bits per heavy atom. The van der Waals surface area contributed by atoms with E-state index < -0.39 is 28.5 Å². The molecule has 10 heteroatoms. The van der Waals surface area contributed by atoms with E-state index in [0.717, 1.165) is 17.7 Å². The summed E-state index contributed by atoms with van der Waals surface area (Å²) < 4.78 is 32.6. The molecule has 2 N–H and O–H groups in total. The number of amides is 1. The second-order valence-corrected chi connectivity index (χ2v) is 9.89. The van der Waals surface area contributed by atoms with Gasteiger partial charge in [0.2, 0.25) is 10.0 Å². The number of thiophene rings is 1. The minimum absolute atomic E-state index is 0.0186. The SMILES string of the molecule is O=C(COC(=O)c1cc(S(=O)(=O)NC2CC2)ccc1Br)NCCc1cccs1. The van der Waals surface area contributed by atoms with Crippen molar-refractivity contribution in [3.63, 3.8) is 0 Å². The Labute approximate surface area is 175 Å². The van der Waals surface area contributed by atoms with Crippen LogP contribution in [0.2, 0.25) is 0 Å². The molecule has 150 valence electrons. The Morgan fingerprint density at radius 2 is 2.04 bits per heavy atom. The predicted octanol–water partition coefficient (Wildman–Crippen LogP) is 2.47. The van der Waals surface area contributed by atoms with E-state index in [1.54, 1.807) is 11.3 Å². The van der Waals surface area contributed by atoms with Crippen molar-refractivity contribution in [1.82, 2.24) is 10.0 Å². The lowest BCUT2D eigenvalue weighted by molar-refractivity contribution is -0.124. The number of rotatable bonds is 9. The smallest absolute Gasteiger partial charge is 0.339 e. The Bertz CT molecular complexity index is 956. The molecule has 1 amide bonds. The summed E-state index contributed by atoms with van der Waals surface area (Å²) in [4.78, 5) is 25.3. The Morgan fingerprint density at radius 3 is 2.71 bits per heavy atom. The van der Waals surface area contributed by atoms with Gasteiger partial charge in [-0.1, -0.05) is 6.07 Å². The van der Waals surface area contributed by atoms with E-state index in [2.05, 4.69) is 26.0 Å². The molecule has 1 aliphatic carbocycles. The highest BCUT2D eigenvalue weighted by atomic mass is 79.9. The van der Waals surface area contributed by atoms with Crippen LogP contribution in [0.4, 0.5) is 0 Å². The standard InChI is InChI=1S/C18H19BrN2O5S2/c19-16-6-5-14(28(24,25)21-12-3-4-12)10-15(16)18(23)26-11-17(22)20-8-7-13-2-1-9-27-13/h1-2,5-6,9-10,12,21H,3-4,7-8,11H2,(H,20,22). The lowest BCUT2D eigenvalue weighted by Gasteiger charge is -2.10. The van der Waals surface area contributed by atoms with E-state index >= 15 is 0 Å². The van der Waals surface area contributed by atoms with Crippen molar-refractivity contribution >= 4 is 49.2 Å². The summed E-state index contributed by atoms with van der Waals surface area (Å²) in [5, 5.41) is 4.64. The quantitative estimate of drug-likeness (QED) is 0.530. The van der Waals surface area contributed by atoms with Gasteiger partial charge in [-0.05, 0) is 64.8 Å². The van der Waals surface area contributed by atoms with Gasteiger partial charge in [0, 0.05) is 21.9 Å². The third-order valence-corrected chi connectivity index (χ3v) is 7.12. The second kappa shape index (κ2) is 9.17. The second-order valence-electron chi connectivity index (χ2n) is 6.29. The third-order valence-electron chi connectivity index (χ3n) is 3.98. The van der Waals surface area contributed by atoms with Crippen LogP contribution in [0.25, 0.3) is 0 Å². The highest BCUT2D eigenvalue weighted by molar-refractivity contribution is 9.10. The first-order valence-corrected chi connectivity index (χ1v) is 11.8. The number of ether oxygens (including phenoxy) is 1. The number of hydrogen-bond acceptors (Lipinski definition) is 6. The van der Waals surface area contributed by atoms with Crippen LogP contribution in [0, 0.1) is 0 Å². The maximum atomic E-state index is 12.3. The van der Waals surface area contributed by atoms with E-state index in [0.29, 0.717) is 17.4 Å². The van der Waals surface area contributed by atoms with Crippen molar-refractivity contribution in [2.75, 3.05) is 13.2 Å². The molecule has 1 saturated carbocycles. The minimum atomic E-state index is -3.69. The molecule has 0 spiro atoms. The summed E-state index contributed by atoms with van der Waals surface area (Å²) in [5.74, 6) is -1.19. The van der Waals surface area contributed by atoms with Gasteiger partial charge in [-0.15, -0.1) is 11.3 Å². The third kappa shape index (κ3) is 5.87. The van der Waals surface area contributed by atoms with Gasteiger partial charge in [0.05, 0.1) is 10.5 Å². The Hall–Kier alpha value is -1.75. The summed E-state index contributed by atoms with van der Waals surface area (Å²) in [5.41, 5.74) is 0.0463. The summed E-state index contributed by atoms with van der Waals surface area (Å²) in [6.07, 6.45) is 2.33. The van der Waals surface area contributed by atoms with Gasteiger partial charge in [-0.25, -0.2) is 17.9 Å². The van der Waals surface area contributed by atoms with Crippen molar-refractivity contribution in [1.29, 1.82) is 0 Å². The van der Waals surface area contributed by atoms with Crippen LogP contribution in [-0.2, 0) is 26.0 Å². The number of esters is 1. The largest absolute Gasteiger partial charge is 0.452 e. The predicted molar refractivity (Wildman–Crippen MR) is 109 cm³/mol. The number of hydrogen-bond donors (Lipinski definition) is 2. The van der Waals surface area contributed by atoms with E-state index in [9.17, 15) is 18.0 Å². The van der Waals surface area contributed by atoms with Crippen LogP contribution in [-0.4, -0.2) is 39.5 Å². The molecule has 0 unspecified atom stereocenters. The maximum Gasteiger partial charge on any atom is 0.339 e. The molecule has 7 nitrogen and oxygen atoms in total. The summed E-state index contributed by atoms with van der Waals surface area (Å²) >= 11 is 4.82. The fourth-order valence-corrected chi connectivity index (χ4v) is 4.80. The fourth-order valence-electron chi connectivity index (χ4n) is 2.36. The number of sulfonamides is 1. The molecular weight excluding hydrogens is 468 g/mol. The minimum Gasteiger partial charge on any atom is -0.452 e. The number of halogens is 1. The molecule has 2 aromatic rings. The molecular formula is C18H19BrN2O5S2. The van der Waals surface area contributed by atoms with Gasteiger partial charge in [0.25, 0.3) is 5.91 Å². The molecule has 0 atom stereocenters. The molecule has 1 aliphatic rings. The molecule has 0 bridgehead atoms. The van der Waals surface area contributed by atoms with Crippen molar-refractivity contribution in [2.45, 2.75) is 30.2 Å². The zero-order chi connectivity index (χ0) is 20.1. The van der Waals surface area contributed by atoms with Crippen molar-refractivity contribution in [3.8, 4) is 0 Å². The Balaban J connectivity index is 1.54. The number of carbonyl (C=O) groups excluding carboxylic acids is 2. The Kier molecular flexibility index (Phi) is 6.86. The first-order chi connectivity index (χ1) is 13.3. The van der Waals surface area contributed by atoms with Crippen LogP contribution in [0.5, 0.6) is 0 Å². The average molecular weight is 487 g/mol. The van der Waals surface area contributed by atoms with Crippen LogP contribution < -0.4 is 10.0 Å². The molecule has 1 heterocycles. The lowest BCUT2D eigenvalue weighted by atomic mass is 10.2. The number of carbonyl (C=O) groups is 2. The zero-order valence-electron chi connectivity index (χ0n) is 14.8. The van der Waals surface area contributed by atoms with E-state index in [1.807, 2.05) is 17.5 Å². The topological polar surface area (TPSA) is 102 Å². The summed E-state index contributed by atoms with van der Waals surface area (Å²) in [6, 6.07) is 8.00. The molecule has 0 radical (unpaired) electrons. The summed E-state index contributed by atoms with van der Waals surface area (Å²) in [6.45, 7) is 0.00811. The fraction of sp³-hybridized carbons (Fsp3) is 0.333. The van der Waals surface area contributed by atoms with Gasteiger partial charge >= 0.3 is 5.97 Å². The van der Waals surface area contributed by atoms with Crippen molar-refractivity contribution in [3.05, 3.63) is 50.6 Å². The van der Waals surface area contributed by atoms with E-state index in [-0.39, 0.29) is 16.5 Å². The van der Waals surface area contributed by atoms with Crippen molar-refractivity contribution in [2.24, 2.45) is 0 Å². The highest BCUT2D eigenvalue weighted by Gasteiger charge is 2.28. The molecule has 28 heavy (non-hydrogen) atoms.